The number of rotatable bonds is 5. The average Bonchev–Trinajstić information content (AvgIpc) is 2.82. The van der Waals surface area contributed by atoms with Crippen LogP contribution in [0.4, 0.5) is 17.1 Å². The van der Waals surface area contributed by atoms with Gasteiger partial charge in [0.15, 0.2) is 0 Å². The molecular formula is C24H24N4O3. The molecule has 7 heteroatoms. The van der Waals surface area contributed by atoms with Gasteiger partial charge in [-0.2, -0.15) is 0 Å². The van der Waals surface area contributed by atoms with E-state index in [-0.39, 0.29) is 11.8 Å². The van der Waals surface area contributed by atoms with Gasteiger partial charge in [0.2, 0.25) is 0 Å². The van der Waals surface area contributed by atoms with Crippen molar-refractivity contribution in [2.24, 2.45) is 0 Å². The van der Waals surface area contributed by atoms with E-state index in [2.05, 4.69) is 20.5 Å². The van der Waals surface area contributed by atoms with E-state index in [1.54, 1.807) is 36.7 Å². The number of nitrogens with one attached hydrogen (secondary N) is 2. The first-order valence-corrected chi connectivity index (χ1v) is 10.2. The normalized spacial score (nSPS) is 13.5. The lowest BCUT2D eigenvalue weighted by Crippen LogP contribution is -2.36. The van der Waals surface area contributed by atoms with Gasteiger partial charge in [0.25, 0.3) is 11.8 Å². The minimum Gasteiger partial charge on any atom is -0.378 e. The van der Waals surface area contributed by atoms with Crippen LogP contribution in [0.15, 0.2) is 67.0 Å². The Balaban J connectivity index is 1.52. The molecule has 31 heavy (non-hydrogen) atoms. The van der Waals surface area contributed by atoms with Crippen LogP contribution in [0, 0.1) is 6.92 Å². The minimum atomic E-state index is -0.249. The molecule has 2 aromatic carbocycles. The molecule has 158 valence electrons. The fraction of sp³-hybridized carbons (Fsp3) is 0.208. The lowest BCUT2D eigenvalue weighted by molar-refractivity contribution is 0.101. The summed E-state index contributed by atoms with van der Waals surface area (Å²) in [5.41, 5.74) is 4.15. The molecule has 1 saturated heterocycles. The number of aromatic nitrogens is 1. The molecule has 0 bridgehead atoms. The summed E-state index contributed by atoms with van der Waals surface area (Å²) in [6.07, 6.45) is 3.13. The van der Waals surface area contributed by atoms with E-state index in [4.69, 9.17) is 4.74 Å². The molecule has 1 fully saturated rings. The number of pyridine rings is 1. The Bertz CT molecular complexity index is 1080. The third kappa shape index (κ3) is 4.90. The van der Waals surface area contributed by atoms with Crippen molar-refractivity contribution in [3.05, 3.63) is 83.7 Å². The van der Waals surface area contributed by atoms with Gasteiger partial charge in [0.05, 0.1) is 24.6 Å². The van der Waals surface area contributed by atoms with Crippen molar-refractivity contribution in [2.75, 3.05) is 41.8 Å². The number of hydrogen-bond donors (Lipinski definition) is 2. The van der Waals surface area contributed by atoms with E-state index in [0.717, 1.165) is 30.0 Å². The zero-order valence-electron chi connectivity index (χ0n) is 17.3. The quantitative estimate of drug-likeness (QED) is 0.662. The predicted molar refractivity (Wildman–Crippen MR) is 121 cm³/mol. The van der Waals surface area contributed by atoms with Crippen molar-refractivity contribution in [3.8, 4) is 0 Å². The summed E-state index contributed by atoms with van der Waals surface area (Å²) in [5, 5.41) is 5.89. The molecule has 0 atom stereocenters. The SMILES string of the molecule is Cc1ccc(C(=O)Nc2ccccc2N2CCOCC2)cc1NC(=O)c1ccncc1. The lowest BCUT2D eigenvalue weighted by Gasteiger charge is -2.30. The molecule has 1 aliphatic rings. The molecule has 7 nitrogen and oxygen atoms in total. The molecule has 2 amide bonds. The number of nitrogens with zero attached hydrogens (tertiary/aromatic N) is 2. The predicted octanol–water partition coefficient (Wildman–Crippen LogP) is 3.73. The highest BCUT2D eigenvalue weighted by Gasteiger charge is 2.17. The van der Waals surface area contributed by atoms with Crippen LogP contribution in [0.1, 0.15) is 26.3 Å². The standard InChI is InChI=1S/C24H24N4O3/c1-17-6-7-19(16-21(17)27-23(29)18-8-10-25-11-9-18)24(30)26-20-4-2-3-5-22(20)28-12-14-31-15-13-28/h2-11,16H,12-15H2,1H3,(H,26,30)(H,27,29). The second-order valence-corrected chi connectivity index (χ2v) is 7.29. The Hall–Kier alpha value is -3.71. The van der Waals surface area contributed by atoms with Crippen molar-refractivity contribution in [1.29, 1.82) is 0 Å². The zero-order chi connectivity index (χ0) is 21.6. The lowest BCUT2D eigenvalue weighted by atomic mass is 10.1. The summed E-state index contributed by atoms with van der Waals surface area (Å²) in [6, 6.07) is 16.3. The molecule has 1 aliphatic heterocycles. The number of hydrogen-bond acceptors (Lipinski definition) is 5. The van der Waals surface area contributed by atoms with Crippen LogP contribution in [0.25, 0.3) is 0 Å². The van der Waals surface area contributed by atoms with Crippen LogP contribution in [-0.2, 0) is 4.74 Å². The fourth-order valence-electron chi connectivity index (χ4n) is 3.45. The molecule has 0 aliphatic carbocycles. The van der Waals surface area contributed by atoms with Crippen LogP contribution in [-0.4, -0.2) is 43.1 Å². The van der Waals surface area contributed by atoms with Gasteiger partial charge in [0, 0.05) is 42.3 Å². The molecule has 4 rings (SSSR count). The molecule has 3 aromatic rings. The number of carbonyl (C=O) groups excluding carboxylic acids is 2. The second-order valence-electron chi connectivity index (χ2n) is 7.29. The van der Waals surface area contributed by atoms with E-state index in [0.29, 0.717) is 30.0 Å². The number of amides is 2. The van der Waals surface area contributed by atoms with E-state index in [1.165, 1.54) is 0 Å². The number of aryl methyl sites for hydroxylation is 1. The van der Waals surface area contributed by atoms with Gasteiger partial charge < -0.3 is 20.3 Å². The highest BCUT2D eigenvalue weighted by Crippen LogP contribution is 2.27. The molecule has 2 N–H and O–H groups in total. The van der Waals surface area contributed by atoms with Crippen molar-refractivity contribution in [2.45, 2.75) is 6.92 Å². The maximum absolute atomic E-state index is 13.0. The minimum absolute atomic E-state index is 0.236. The zero-order valence-corrected chi connectivity index (χ0v) is 17.3. The van der Waals surface area contributed by atoms with Crippen molar-refractivity contribution in [3.63, 3.8) is 0 Å². The number of carbonyl (C=O) groups is 2. The number of ether oxygens (including phenoxy) is 1. The van der Waals surface area contributed by atoms with Crippen molar-refractivity contribution >= 4 is 28.9 Å². The van der Waals surface area contributed by atoms with Gasteiger partial charge >= 0.3 is 0 Å². The summed E-state index contributed by atoms with van der Waals surface area (Å²) in [7, 11) is 0. The van der Waals surface area contributed by atoms with Crippen LogP contribution in [0.2, 0.25) is 0 Å². The Kier molecular flexibility index (Phi) is 6.24. The molecule has 1 aromatic heterocycles. The first-order valence-electron chi connectivity index (χ1n) is 10.2. The molecule has 0 radical (unpaired) electrons. The molecule has 0 spiro atoms. The summed E-state index contributed by atoms with van der Waals surface area (Å²) in [5.74, 6) is -0.485. The monoisotopic (exact) mass is 416 g/mol. The van der Waals surface area contributed by atoms with E-state index < -0.39 is 0 Å². The van der Waals surface area contributed by atoms with Crippen LogP contribution >= 0.6 is 0 Å². The third-order valence-corrected chi connectivity index (χ3v) is 5.19. The Morgan fingerprint density at radius 3 is 2.32 bits per heavy atom. The van der Waals surface area contributed by atoms with E-state index in [9.17, 15) is 9.59 Å². The van der Waals surface area contributed by atoms with Crippen LogP contribution in [0.5, 0.6) is 0 Å². The number of para-hydroxylation sites is 2. The topological polar surface area (TPSA) is 83.6 Å². The van der Waals surface area contributed by atoms with Crippen LogP contribution < -0.4 is 15.5 Å². The maximum Gasteiger partial charge on any atom is 0.255 e. The Labute approximate surface area is 181 Å². The Morgan fingerprint density at radius 1 is 0.871 bits per heavy atom. The molecule has 2 heterocycles. The number of benzene rings is 2. The van der Waals surface area contributed by atoms with Gasteiger partial charge in [-0.25, -0.2) is 0 Å². The first kappa shape index (κ1) is 20.6. The number of morpholine rings is 1. The second kappa shape index (κ2) is 9.40. The Morgan fingerprint density at radius 2 is 1.55 bits per heavy atom. The van der Waals surface area contributed by atoms with E-state index >= 15 is 0 Å². The molecule has 0 saturated carbocycles. The van der Waals surface area contributed by atoms with Gasteiger partial charge in [-0.1, -0.05) is 18.2 Å². The van der Waals surface area contributed by atoms with Crippen molar-refractivity contribution < 1.29 is 14.3 Å². The summed E-state index contributed by atoms with van der Waals surface area (Å²) in [4.78, 5) is 31.6. The summed E-state index contributed by atoms with van der Waals surface area (Å²) >= 11 is 0. The van der Waals surface area contributed by atoms with Gasteiger partial charge in [0.1, 0.15) is 0 Å². The maximum atomic E-state index is 13.0. The van der Waals surface area contributed by atoms with Gasteiger partial charge in [-0.3, -0.25) is 14.6 Å². The molecular weight excluding hydrogens is 392 g/mol. The van der Waals surface area contributed by atoms with Gasteiger partial charge in [-0.15, -0.1) is 0 Å². The number of anilines is 3. The smallest absolute Gasteiger partial charge is 0.255 e. The van der Waals surface area contributed by atoms with Gasteiger partial charge in [-0.05, 0) is 48.9 Å². The summed E-state index contributed by atoms with van der Waals surface area (Å²) in [6.45, 7) is 4.78. The van der Waals surface area contributed by atoms with E-state index in [1.807, 2.05) is 37.3 Å². The highest BCUT2D eigenvalue weighted by atomic mass is 16.5. The highest BCUT2D eigenvalue weighted by molar-refractivity contribution is 6.08. The largest absolute Gasteiger partial charge is 0.378 e. The summed E-state index contributed by atoms with van der Waals surface area (Å²) < 4.78 is 5.43. The van der Waals surface area contributed by atoms with Crippen molar-refractivity contribution in [1.82, 2.24) is 4.98 Å². The first-order chi connectivity index (χ1) is 15.1. The average molecular weight is 416 g/mol. The fourth-order valence-corrected chi connectivity index (χ4v) is 3.45. The molecule has 0 unspecified atom stereocenters. The van der Waals surface area contributed by atoms with Crippen LogP contribution in [0.3, 0.4) is 0 Å². The third-order valence-electron chi connectivity index (χ3n) is 5.19.